The summed E-state index contributed by atoms with van der Waals surface area (Å²) in [5, 5.41) is 3.12. The van der Waals surface area contributed by atoms with Gasteiger partial charge in [-0.2, -0.15) is 0 Å². The Kier molecular flexibility index (Phi) is 5.09. The van der Waals surface area contributed by atoms with Gasteiger partial charge in [0, 0.05) is 10.0 Å². The van der Waals surface area contributed by atoms with Crippen molar-refractivity contribution < 1.29 is 14.3 Å². The van der Waals surface area contributed by atoms with Crippen molar-refractivity contribution in [3.8, 4) is 11.5 Å². The SMILES string of the molecule is CC(C)C(NC(=O)c1ccc(Br)cc1)c1ccc2c(c1)OCCO2. The first-order valence-corrected chi connectivity index (χ1v) is 8.80. The molecule has 1 N–H and O–H groups in total. The highest BCUT2D eigenvalue weighted by Crippen LogP contribution is 2.34. The fourth-order valence-corrected chi connectivity index (χ4v) is 2.98. The number of amides is 1. The van der Waals surface area contributed by atoms with Gasteiger partial charge in [0.2, 0.25) is 0 Å². The van der Waals surface area contributed by atoms with Crippen molar-refractivity contribution in [2.75, 3.05) is 13.2 Å². The van der Waals surface area contributed by atoms with E-state index in [1.165, 1.54) is 0 Å². The quantitative estimate of drug-likeness (QED) is 0.845. The van der Waals surface area contributed by atoms with Gasteiger partial charge in [-0.15, -0.1) is 0 Å². The highest BCUT2D eigenvalue weighted by molar-refractivity contribution is 9.10. The van der Waals surface area contributed by atoms with Crippen LogP contribution in [0.2, 0.25) is 0 Å². The molecule has 1 aliphatic heterocycles. The molecular formula is C19H20BrNO3. The zero-order chi connectivity index (χ0) is 17.1. The molecule has 2 aromatic carbocycles. The summed E-state index contributed by atoms with van der Waals surface area (Å²) in [4.78, 5) is 12.6. The minimum Gasteiger partial charge on any atom is -0.486 e. The Morgan fingerprint density at radius 3 is 2.38 bits per heavy atom. The number of benzene rings is 2. The number of hydrogen-bond acceptors (Lipinski definition) is 3. The Bertz CT molecular complexity index is 728. The molecule has 0 fully saturated rings. The monoisotopic (exact) mass is 389 g/mol. The molecule has 4 nitrogen and oxygen atoms in total. The minimum absolute atomic E-state index is 0.0870. The topological polar surface area (TPSA) is 47.6 Å². The van der Waals surface area contributed by atoms with Gasteiger partial charge in [-0.25, -0.2) is 0 Å². The van der Waals surface area contributed by atoms with Crippen molar-refractivity contribution in [2.45, 2.75) is 19.9 Å². The van der Waals surface area contributed by atoms with E-state index in [0.29, 0.717) is 18.8 Å². The van der Waals surface area contributed by atoms with Gasteiger partial charge >= 0.3 is 0 Å². The van der Waals surface area contributed by atoms with Gasteiger partial charge < -0.3 is 14.8 Å². The van der Waals surface area contributed by atoms with E-state index in [4.69, 9.17) is 9.47 Å². The summed E-state index contributed by atoms with van der Waals surface area (Å²) in [6, 6.07) is 13.1. The van der Waals surface area contributed by atoms with Crippen LogP contribution in [0, 0.1) is 5.92 Å². The highest BCUT2D eigenvalue weighted by Gasteiger charge is 2.22. The Balaban J connectivity index is 1.82. The van der Waals surface area contributed by atoms with E-state index in [1.807, 2.05) is 30.3 Å². The molecule has 126 valence electrons. The van der Waals surface area contributed by atoms with Crippen molar-refractivity contribution in [1.82, 2.24) is 5.32 Å². The molecule has 2 aromatic rings. The van der Waals surface area contributed by atoms with Crippen LogP contribution in [0.5, 0.6) is 11.5 Å². The number of ether oxygens (including phenoxy) is 2. The molecule has 0 saturated heterocycles. The first-order valence-electron chi connectivity index (χ1n) is 8.00. The molecule has 0 radical (unpaired) electrons. The molecule has 1 unspecified atom stereocenters. The van der Waals surface area contributed by atoms with Gasteiger partial charge in [-0.1, -0.05) is 35.8 Å². The van der Waals surface area contributed by atoms with Crippen LogP contribution in [0.25, 0.3) is 0 Å². The van der Waals surface area contributed by atoms with Crippen LogP contribution < -0.4 is 14.8 Å². The molecule has 1 atom stereocenters. The summed E-state index contributed by atoms with van der Waals surface area (Å²) in [5.74, 6) is 1.65. The predicted octanol–water partition coefficient (Wildman–Crippen LogP) is 4.35. The number of nitrogens with one attached hydrogen (secondary N) is 1. The maximum absolute atomic E-state index is 12.6. The Morgan fingerprint density at radius 1 is 1.04 bits per heavy atom. The van der Waals surface area contributed by atoms with Crippen LogP contribution >= 0.6 is 15.9 Å². The maximum Gasteiger partial charge on any atom is 0.251 e. The Labute approximate surface area is 150 Å². The van der Waals surface area contributed by atoms with Crippen molar-refractivity contribution in [3.63, 3.8) is 0 Å². The van der Waals surface area contributed by atoms with Crippen LogP contribution in [-0.2, 0) is 0 Å². The average Bonchev–Trinajstić information content (AvgIpc) is 2.59. The Hall–Kier alpha value is -2.01. The van der Waals surface area contributed by atoms with Gasteiger partial charge in [0.1, 0.15) is 13.2 Å². The minimum atomic E-state index is -0.100. The molecule has 0 spiro atoms. The highest BCUT2D eigenvalue weighted by atomic mass is 79.9. The zero-order valence-electron chi connectivity index (χ0n) is 13.7. The van der Waals surface area contributed by atoms with Crippen LogP contribution in [0.3, 0.4) is 0 Å². The summed E-state index contributed by atoms with van der Waals surface area (Å²) < 4.78 is 12.2. The van der Waals surface area contributed by atoms with Crippen molar-refractivity contribution in [3.05, 3.63) is 58.1 Å². The van der Waals surface area contributed by atoms with E-state index in [1.54, 1.807) is 12.1 Å². The van der Waals surface area contributed by atoms with Crippen LogP contribution in [0.4, 0.5) is 0 Å². The second-order valence-electron chi connectivity index (χ2n) is 6.11. The molecule has 1 heterocycles. The molecule has 0 saturated carbocycles. The third-order valence-electron chi connectivity index (χ3n) is 3.99. The first-order chi connectivity index (χ1) is 11.5. The molecule has 0 bridgehead atoms. The smallest absolute Gasteiger partial charge is 0.251 e. The van der Waals surface area contributed by atoms with Crippen molar-refractivity contribution in [1.29, 1.82) is 0 Å². The number of carbonyl (C=O) groups excluding carboxylic acids is 1. The second-order valence-corrected chi connectivity index (χ2v) is 7.02. The number of fused-ring (bicyclic) bond motifs is 1. The predicted molar refractivity (Wildman–Crippen MR) is 96.6 cm³/mol. The lowest BCUT2D eigenvalue weighted by atomic mass is 9.95. The fourth-order valence-electron chi connectivity index (χ4n) is 2.71. The normalized spacial score (nSPS) is 14.3. The van der Waals surface area contributed by atoms with E-state index in [-0.39, 0.29) is 17.9 Å². The van der Waals surface area contributed by atoms with Crippen LogP contribution in [-0.4, -0.2) is 19.1 Å². The van der Waals surface area contributed by atoms with Crippen LogP contribution in [0.1, 0.15) is 35.8 Å². The molecule has 0 aliphatic carbocycles. The van der Waals surface area contributed by atoms with Crippen molar-refractivity contribution in [2.24, 2.45) is 5.92 Å². The van der Waals surface area contributed by atoms with Crippen LogP contribution in [0.15, 0.2) is 46.9 Å². The number of carbonyl (C=O) groups is 1. The van der Waals surface area contributed by atoms with E-state index in [9.17, 15) is 4.79 Å². The summed E-state index contributed by atoms with van der Waals surface area (Å²) in [7, 11) is 0. The van der Waals surface area contributed by atoms with Gasteiger partial charge in [-0.3, -0.25) is 4.79 Å². The molecule has 1 amide bonds. The molecule has 24 heavy (non-hydrogen) atoms. The molecule has 5 heteroatoms. The number of rotatable bonds is 4. The van der Waals surface area contributed by atoms with Gasteiger partial charge in [0.25, 0.3) is 5.91 Å². The second kappa shape index (κ2) is 7.26. The lowest BCUT2D eigenvalue weighted by Crippen LogP contribution is -2.31. The van der Waals surface area contributed by atoms with E-state index < -0.39 is 0 Å². The molecule has 1 aliphatic rings. The van der Waals surface area contributed by atoms with Gasteiger partial charge in [0.15, 0.2) is 11.5 Å². The lowest BCUT2D eigenvalue weighted by Gasteiger charge is -2.25. The lowest BCUT2D eigenvalue weighted by molar-refractivity contribution is 0.0925. The molecule has 3 rings (SSSR count). The van der Waals surface area contributed by atoms with Gasteiger partial charge in [0.05, 0.1) is 6.04 Å². The third-order valence-corrected chi connectivity index (χ3v) is 4.51. The Morgan fingerprint density at radius 2 is 1.71 bits per heavy atom. The number of hydrogen-bond donors (Lipinski definition) is 1. The maximum atomic E-state index is 12.6. The van der Waals surface area contributed by atoms with E-state index in [2.05, 4.69) is 35.1 Å². The van der Waals surface area contributed by atoms with Gasteiger partial charge in [-0.05, 0) is 47.9 Å². The van der Waals surface area contributed by atoms with Crippen molar-refractivity contribution >= 4 is 21.8 Å². The standard InChI is InChI=1S/C19H20BrNO3/c1-12(2)18(21-19(22)13-3-6-15(20)7-4-13)14-5-8-16-17(11-14)24-10-9-23-16/h3-8,11-12,18H,9-10H2,1-2H3,(H,21,22). The molecular weight excluding hydrogens is 370 g/mol. The average molecular weight is 390 g/mol. The number of halogens is 1. The summed E-state index contributed by atoms with van der Waals surface area (Å²) in [6.45, 7) is 5.29. The third kappa shape index (κ3) is 3.73. The zero-order valence-corrected chi connectivity index (χ0v) is 15.3. The summed E-state index contributed by atoms with van der Waals surface area (Å²) >= 11 is 3.38. The molecule has 0 aromatic heterocycles. The largest absolute Gasteiger partial charge is 0.486 e. The fraction of sp³-hybridized carbons (Fsp3) is 0.316. The van der Waals surface area contributed by atoms with E-state index in [0.717, 1.165) is 21.5 Å². The summed E-state index contributed by atoms with van der Waals surface area (Å²) in [5.41, 5.74) is 1.65. The van der Waals surface area contributed by atoms with E-state index >= 15 is 0 Å². The summed E-state index contributed by atoms with van der Waals surface area (Å²) in [6.07, 6.45) is 0. The first kappa shape index (κ1) is 16.8.